The largest absolute Gasteiger partial charge is 0.293 e. The van der Waals surface area contributed by atoms with Crippen LogP contribution in [0.25, 0.3) is 65.7 Å². The smallest absolute Gasteiger partial charge is 0.141 e. The van der Waals surface area contributed by atoms with Crippen LogP contribution >= 0.6 is 0 Å². The molecule has 1 atom stereocenters. The maximum atomic E-state index is 5.23. The fourth-order valence-corrected chi connectivity index (χ4v) is 7.48. The maximum absolute atomic E-state index is 5.23. The van der Waals surface area contributed by atoms with Gasteiger partial charge < -0.3 is 0 Å². The van der Waals surface area contributed by atoms with E-state index < -0.39 is 0 Å². The zero-order chi connectivity index (χ0) is 31.7. The second-order valence-electron chi connectivity index (χ2n) is 12.8. The van der Waals surface area contributed by atoms with E-state index in [2.05, 4.69) is 170 Å². The van der Waals surface area contributed by atoms with Crippen LogP contribution in [0.1, 0.15) is 38.1 Å². The molecule has 0 spiro atoms. The van der Waals surface area contributed by atoms with E-state index in [0.717, 1.165) is 41.8 Å². The minimum atomic E-state index is 0.398. The Morgan fingerprint density at radius 3 is 2.00 bits per heavy atom. The average molecular weight is 607 g/mol. The standard InChI is InChI=1S/C45H38N2/c1-3-15-35(45-46-42-24-13-14-25-43(42)47(45)36-18-5-4-6-19-36)28-31(2)29-41-37-20-9-11-22-39(37)44(40-23-12-10-21-38(40)41)34-27-26-32-16-7-8-17-33(32)30-34/h4-27,30-31H,3,28-29H2,1-2H3. The van der Waals surface area contributed by atoms with Crippen molar-refractivity contribution in [1.29, 1.82) is 0 Å². The molecule has 2 heteroatoms. The van der Waals surface area contributed by atoms with Gasteiger partial charge in [-0.15, -0.1) is 0 Å². The molecule has 1 unspecified atom stereocenters. The summed E-state index contributed by atoms with van der Waals surface area (Å²) in [5, 5.41) is 7.87. The third-order valence-corrected chi connectivity index (χ3v) is 9.52. The number of benzene rings is 7. The van der Waals surface area contributed by atoms with Gasteiger partial charge in [0.05, 0.1) is 11.0 Å². The summed E-state index contributed by atoms with van der Waals surface area (Å²) in [4.78, 5) is 5.23. The van der Waals surface area contributed by atoms with E-state index in [9.17, 15) is 0 Å². The predicted molar refractivity (Wildman–Crippen MR) is 201 cm³/mol. The van der Waals surface area contributed by atoms with Gasteiger partial charge in [-0.25, -0.2) is 4.98 Å². The Balaban J connectivity index is 1.22. The van der Waals surface area contributed by atoms with E-state index >= 15 is 0 Å². The van der Waals surface area contributed by atoms with Crippen molar-refractivity contribution in [2.45, 2.75) is 33.1 Å². The lowest BCUT2D eigenvalue weighted by Gasteiger charge is -2.21. The molecule has 228 valence electrons. The molecule has 2 nitrogen and oxygen atoms in total. The molecular weight excluding hydrogens is 569 g/mol. The lowest BCUT2D eigenvalue weighted by Crippen LogP contribution is -2.07. The SMILES string of the molecule is CCC=C(CC(C)Cc1c2ccccc2c(-c2ccc3ccccc3c2)c2ccccc12)c1nc2ccccc2n1-c1ccccc1. The van der Waals surface area contributed by atoms with E-state index in [-0.39, 0.29) is 0 Å². The van der Waals surface area contributed by atoms with Crippen LogP contribution in [-0.2, 0) is 6.42 Å². The van der Waals surface area contributed by atoms with Gasteiger partial charge in [-0.1, -0.05) is 135 Å². The molecule has 1 aromatic heterocycles. The van der Waals surface area contributed by atoms with E-state index in [1.807, 2.05) is 0 Å². The van der Waals surface area contributed by atoms with Crippen LogP contribution in [0.5, 0.6) is 0 Å². The molecular formula is C45H38N2. The first kappa shape index (κ1) is 29.0. The first-order chi connectivity index (χ1) is 23.2. The molecule has 0 aliphatic carbocycles. The lowest BCUT2D eigenvalue weighted by atomic mass is 9.84. The van der Waals surface area contributed by atoms with E-state index in [1.54, 1.807) is 0 Å². The molecule has 0 aliphatic rings. The Bertz CT molecular complexity index is 2350. The fraction of sp³-hybridized carbons (Fsp3) is 0.133. The summed E-state index contributed by atoms with van der Waals surface area (Å²) in [5.74, 6) is 1.45. The third kappa shape index (κ3) is 5.30. The summed E-state index contributed by atoms with van der Waals surface area (Å²) < 4.78 is 2.34. The molecule has 0 aliphatic heterocycles. The molecule has 0 saturated carbocycles. The molecule has 0 saturated heterocycles. The van der Waals surface area contributed by atoms with Crippen molar-refractivity contribution in [2.24, 2.45) is 5.92 Å². The zero-order valence-corrected chi connectivity index (χ0v) is 27.0. The minimum Gasteiger partial charge on any atom is -0.293 e. The Hall–Kier alpha value is -5.47. The number of imidazole rings is 1. The number of hydrogen-bond acceptors (Lipinski definition) is 1. The number of hydrogen-bond donors (Lipinski definition) is 0. The Kier molecular flexibility index (Phi) is 7.63. The molecule has 0 fully saturated rings. The average Bonchev–Trinajstić information content (AvgIpc) is 3.51. The number of aromatic nitrogens is 2. The zero-order valence-electron chi connectivity index (χ0n) is 27.0. The number of nitrogens with zero attached hydrogens (tertiary/aromatic N) is 2. The first-order valence-corrected chi connectivity index (χ1v) is 16.8. The van der Waals surface area contributed by atoms with Gasteiger partial charge in [0.15, 0.2) is 0 Å². The highest BCUT2D eigenvalue weighted by Crippen LogP contribution is 2.41. The van der Waals surface area contributed by atoms with Gasteiger partial charge in [-0.2, -0.15) is 0 Å². The van der Waals surface area contributed by atoms with Crippen LogP contribution in [-0.4, -0.2) is 9.55 Å². The third-order valence-electron chi connectivity index (χ3n) is 9.52. The fourth-order valence-electron chi connectivity index (χ4n) is 7.48. The Morgan fingerprint density at radius 1 is 0.660 bits per heavy atom. The Morgan fingerprint density at radius 2 is 1.28 bits per heavy atom. The molecule has 8 aromatic rings. The van der Waals surface area contributed by atoms with Crippen molar-refractivity contribution in [3.8, 4) is 16.8 Å². The van der Waals surface area contributed by atoms with Crippen molar-refractivity contribution in [1.82, 2.24) is 9.55 Å². The molecule has 1 heterocycles. The van der Waals surface area contributed by atoms with Gasteiger partial charge in [0.25, 0.3) is 0 Å². The van der Waals surface area contributed by atoms with Crippen LogP contribution in [0.4, 0.5) is 0 Å². The van der Waals surface area contributed by atoms with E-state index in [1.165, 1.54) is 54.6 Å². The lowest BCUT2D eigenvalue weighted by molar-refractivity contribution is 0.599. The molecule has 0 bridgehead atoms. The molecule has 0 N–H and O–H groups in total. The number of fused-ring (bicyclic) bond motifs is 4. The summed E-state index contributed by atoms with van der Waals surface area (Å²) in [5.41, 5.74) is 8.64. The topological polar surface area (TPSA) is 17.8 Å². The van der Waals surface area contributed by atoms with Crippen molar-refractivity contribution in [2.75, 3.05) is 0 Å². The van der Waals surface area contributed by atoms with Gasteiger partial charge >= 0.3 is 0 Å². The molecule has 0 amide bonds. The highest BCUT2D eigenvalue weighted by atomic mass is 15.1. The van der Waals surface area contributed by atoms with E-state index in [0.29, 0.717) is 5.92 Å². The van der Waals surface area contributed by atoms with Crippen molar-refractivity contribution in [3.63, 3.8) is 0 Å². The summed E-state index contributed by atoms with van der Waals surface area (Å²) in [6, 6.07) is 52.7. The van der Waals surface area contributed by atoms with Gasteiger partial charge in [0, 0.05) is 5.69 Å². The van der Waals surface area contributed by atoms with Crippen LogP contribution in [0.3, 0.4) is 0 Å². The number of para-hydroxylation sites is 3. The highest BCUT2D eigenvalue weighted by molar-refractivity contribution is 6.15. The van der Waals surface area contributed by atoms with Crippen molar-refractivity contribution < 1.29 is 0 Å². The normalized spacial score (nSPS) is 12.8. The van der Waals surface area contributed by atoms with Gasteiger partial charge in [0.1, 0.15) is 5.82 Å². The predicted octanol–water partition coefficient (Wildman–Crippen LogP) is 12.2. The highest BCUT2D eigenvalue weighted by Gasteiger charge is 2.21. The number of rotatable bonds is 8. The molecule has 7 aromatic carbocycles. The molecule has 0 radical (unpaired) electrons. The first-order valence-electron chi connectivity index (χ1n) is 16.8. The second-order valence-corrected chi connectivity index (χ2v) is 12.8. The summed E-state index contributed by atoms with van der Waals surface area (Å²) in [6.45, 7) is 4.63. The summed E-state index contributed by atoms with van der Waals surface area (Å²) in [7, 11) is 0. The number of allylic oxidation sites excluding steroid dienone is 2. The van der Waals surface area contributed by atoms with Gasteiger partial charge in [0.2, 0.25) is 0 Å². The van der Waals surface area contributed by atoms with Crippen LogP contribution < -0.4 is 0 Å². The van der Waals surface area contributed by atoms with Gasteiger partial charge in [-0.3, -0.25) is 4.57 Å². The van der Waals surface area contributed by atoms with Gasteiger partial charge in [-0.05, 0) is 110 Å². The van der Waals surface area contributed by atoms with Crippen molar-refractivity contribution >= 4 is 48.9 Å². The van der Waals surface area contributed by atoms with Crippen LogP contribution in [0.15, 0.2) is 152 Å². The van der Waals surface area contributed by atoms with Crippen molar-refractivity contribution in [3.05, 3.63) is 163 Å². The van der Waals surface area contributed by atoms with Crippen LogP contribution in [0, 0.1) is 5.92 Å². The monoisotopic (exact) mass is 606 g/mol. The Labute approximate surface area is 276 Å². The molecule has 47 heavy (non-hydrogen) atoms. The second kappa shape index (κ2) is 12.4. The quantitative estimate of drug-likeness (QED) is 0.157. The minimum absolute atomic E-state index is 0.398. The summed E-state index contributed by atoms with van der Waals surface area (Å²) >= 11 is 0. The van der Waals surface area contributed by atoms with E-state index in [4.69, 9.17) is 4.98 Å². The van der Waals surface area contributed by atoms with Crippen LogP contribution in [0.2, 0.25) is 0 Å². The summed E-state index contributed by atoms with van der Waals surface area (Å²) in [6.07, 6.45) is 5.27. The molecule has 8 rings (SSSR count). The maximum Gasteiger partial charge on any atom is 0.141 e.